The van der Waals surface area contributed by atoms with Crippen LogP contribution in [0.5, 0.6) is 0 Å². The second-order valence-electron chi connectivity index (χ2n) is 7.83. The van der Waals surface area contributed by atoms with E-state index in [0.29, 0.717) is 6.54 Å². The Labute approximate surface area is 173 Å². The van der Waals surface area contributed by atoms with E-state index in [-0.39, 0.29) is 12.5 Å². The molecular formula is C23H46N2O3. The molecule has 0 aliphatic carbocycles. The largest absolute Gasteiger partial charge is 0.439 e. The number of amides is 2. The highest BCUT2D eigenvalue weighted by molar-refractivity contribution is 5.79. The van der Waals surface area contributed by atoms with Crippen LogP contribution in [0, 0.1) is 0 Å². The molecule has 0 fully saturated rings. The zero-order chi connectivity index (χ0) is 20.7. The molecule has 2 amide bonds. The van der Waals surface area contributed by atoms with Crippen LogP contribution in [-0.2, 0) is 9.53 Å². The first kappa shape index (κ1) is 26.7. The molecule has 5 heteroatoms. The van der Waals surface area contributed by atoms with Crippen LogP contribution in [-0.4, -0.2) is 32.2 Å². The average Bonchev–Trinajstić information content (AvgIpc) is 2.71. The van der Waals surface area contributed by atoms with E-state index in [1.54, 1.807) is 0 Å². The summed E-state index contributed by atoms with van der Waals surface area (Å²) in [6, 6.07) is 0. The van der Waals surface area contributed by atoms with Crippen molar-refractivity contribution in [1.82, 2.24) is 10.6 Å². The standard InChI is InChI=1S/C23H46N2O3/c1-3-4-5-6-7-8-9-10-11-12-13-14-15-16-17-18-19-20-25-23(27)28-21-22(26)24-2/h3-21H2,1-2H3,(H,24,26)(H,25,27). The van der Waals surface area contributed by atoms with Crippen molar-refractivity contribution < 1.29 is 14.3 Å². The first-order chi connectivity index (χ1) is 13.7. The van der Waals surface area contributed by atoms with Crippen LogP contribution < -0.4 is 10.6 Å². The van der Waals surface area contributed by atoms with Crippen LogP contribution in [0.4, 0.5) is 4.79 Å². The molecule has 166 valence electrons. The van der Waals surface area contributed by atoms with Crippen molar-refractivity contribution in [1.29, 1.82) is 0 Å². The van der Waals surface area contributed by atoms with Gasteiger partial charge in [0.2, 0.25) is 0 Å². The zero-order valence-electron chi connectivity index (χ0n) is 18.7. The van der Waals surface area contributed by atoms with Gasteiger partial charge >= 0.3 is 6.09 Å². The fourth-order valence-electron chi connectivity index (χ4n) is 3.29. The highest BCUT2D eigenvalue weighted by atomic mass is 16.6. The summed E-state index contributed by atoms with van der Waals surface area (Å²) >= 11 is 0. The van der Waals surface area contributed by atoms with E-state index >= 15 is 0 Å². The number of nitrogens with one attached hydrogen (secondary N) is 2. The number of unbranched alkanes of at least 4 members (excludes halogenated alkanes) is 16. The van der Waals surface area contributed by atoms with Crippen LogP contribution in [0.15, 0.2) is 0 Å². The fourth-order valence-corrected chi connectivity index (χ4v) is 3.29. The van der Waals surface area contributed by atoms with Crippen molar-refractivity contribution in [2.24, 2.45) is 0 Å². The Hall–Kier alpha value is -1.26. The van der Waals surface area contributed by atoms with Gasteiger partial charge in [-0.3, -0.25) is 4.79 Å². The first-order valence-corrected chi connectivity index (χ1v) is 11.8. The number of hydrogen-bond acceptors (Lipinski definition) is 3. The van der Waals surface area contributed by atoms with Crippen LogP contribution in [0.25, 0.3) is 0 Å². The van der Waals surface area contributed by atoms with Gasteiger partial charge in [-0.2, -0.15) is 0 Å². The Kier molecular flexibility index (Phi) is 21.0. The van der Waals surface area contributed by atoms with Crippen molar-refractivity contribution in [3.8, 4) is 0 Å². The van der Waals surface area contributed by atoms with E-state index in [0.717, 1.165) is 12.8 Å². The summed E-state index contributed by atoms with van der Waals surface area (Å²) in [5.41, 5.74) is 0. The molecule has 28 heavy (non-hydrogen) atoms. The number of hydrogen-bond donors (Lipinski definition) is 2. The topological polar surface area (TPSA) is 67.4 Å². The average molecular weight is 399 g/mol. The molecule has 2 N–H and O–H groups in total. The minimum atomic E-state index is -0.514. The van der Waals surface area contributed by atoms with E-state index in [4.69, 9.17) is 4.74 Å². The van der Waals surface area contributed by atoms with Crippen LogP contribution in [0.3, 0.4) is 0 Å². The molecular weight excluding hydrogens is 352 g/mol. The fraction of sp³-hybridized carbons (Fsp3) is 0.913. The minimum absolute atomic E-state index is 0.221. The van der Waals surface area contributed by atoms with Gasteiger partial charge in [-0.05, 0) is 6.42 Å². The maximum atomic E-state index is 11.3. The van der Waals surface area contributed by atoms with Crippen LogP contribution >= 0.6 is 0 Å². The van der Waals surface area contributed by atoms with Crippen LogP contribution in [0.1, 0.15) is 116 Å². The van der Waals surface area contributed by atoms with Crippen molar-refractivity contribution in [3.05, 3.63) is 0 Å². The quantitative estimate of drug-likeness (QED) is 0.243. The van der Waals surface area contributed by atoms with Gasteiger partial charge in [-0.25, -0.2) is 4.79 Å². The van der Waals surface area contributed by atoms with Crippen molar-refractivity contribution in [2.45, 2.75) is 116 Å². The van der Waals surface area contributed by atoms with Gasteiger partial charge in [-0.1, -0.05) is 110 Å². The lowest BCUT2D eigenvalue weighted by Gasteiger charge is -2.06. The third-order valence-corrected chi connectivity index (χ3v) is 5.16. The predicted molar refractivity (Wildman–Crippen MR) is 118 cm³/mol. The maximum absolute atomic E-state index is 11.3. The van der Waals surface area contributed by atoms with Gasteiger partial charge < -0.3 is 15.4 Å². The van der Waals surface area contributed by atoms with E-state index in [9.17, 15) is 9.59 Å². The molecule has 0 unspecified atom stereocenters. The Morgan fingerprint density at radius 3 is 1.43 bits per heavy atom. The van der Waals surface area contributed by atoms with Gasteiger partial charge in [0.15, 0.2) is 6.61 Å². The highest BCUT2D eigenvalue weighted by Gasteiger charge is 2.04. The normalized spacial score (nSPS) is 10.6. The molecule has 0 spiro atoms. The van der Waals surface area contributed by atoms with E-state index in [2.05, 4.69) is 17.6 Å². The van der Waals surface area contributed by atoms with Gasteiger partial charge in [0.1, 0.15) is 0 Å². The number of ether oxygens (including phenoxy) is 1. The van der Waals surface area contributed by atoms with E-state index in [1.807, 2.05) is 0 Å². The van der Waals surface area contributed by atoms with Gasteiger partial charge in [0.25, 0.3) is 5.91 Å². The molecule has 0 rings (SSSR count). The lowest BCUT2D eigenvalue weighted by Crippen LogP contribution is -2.30. The molecule has 0 aromatic carbocycles. The summed E-state index contributed by atoms with van der Waals surface area (Å²) in [6.07, 6.45) is 22.3. The van der Waals surface area contributed by atoms with Gasteiger partial charge in [-0.15, -0.1) is 0 Å². The van der Waals surface area contributed by atoms with Gasteiger partial charge in [0, 0.05) is 13.6 Å². The lowest BCUT2D eigenvalue weighted by molar-refractivity contribution is -0.123. The Morgan fingerprint density at radius 1 is 0.643 bits per heavy atom. The van der Waals surface area contributed by atoms with E-state index in [1.165, 1.54) is 103 Å². The number of likely N-dealkylation sites (N-methyl/N-ethyl adjacent to an activating group) is 1. The third-order valence-electron chi connectivity index (χ3n) is 5.16. The first-order valence-electron chi connectivity index (χ1n) is 11.8. The molecule has 0 saturated heterocycles. The van der Waals surface area contributed by atoms with Crippen molar-refractivity contribution in [2.75, 3.05) is 20.2 Å². The monoisotopic (exact) mass is 398 g/mol. The number of carbonyl (C=O) groups is 2. The lowest BCUT2D eigenvalue weighted by atomic mass is 10.0. The second kappa shape index (κ2) is 22.0. The predicted octanol–water partition coefficient (Wildman–Crippen LogP) is 6.11. The molecule has 5 nitrogen and oxygen atoms in total. The third kappa shape index (κ3) is 21.0. The SMILES string of the molecule is CCCCCCCCCCCCCCCCCCCNC(=O)OCC(=O)NC. The Balaban J connectivity index is 3.12. The summed E-state index contributed by atoms with van der Waals surface area (Å²) < 4.78 is 4.77. The molecule has 0 aliphatic rings. The summed E-state index contributed by atoms with van der Waals surface area (Å²) in [4.78, 5) is 22.3. The Bertz CT molecular complexity index is 362. The zero-order valence-corrected chi connectivity index (χ0v) is 18.7. The summed E-state index contributed by atoms with van der Waals surface area (Å²) in [5.74, 6) is -0.298. The molecule has 0 aromatic rings. The number of alkyl carbamates (subject to hydrolysis) is 1. The molecule has 0 heterocycles. The Morgan fingerprint density at radius 2 is 1.04 bits per heavy atom. The number of rotatable bonds is 20. The molecule has 0 radical (unpaired) electrons. The molecule has 0 aliphatic heterocycles. The molecule has 0 atom stereocenters. The van der Waals surface area contributed by atoms with E-state index < -0.39 is 6.09 Å². The second-order valence-corrected chi connectivity index (χ2v) is 7.83. The highest BCUT2D eigenvalue weighted by Crippen LogP contribution is 2.13. The van der Waals surface area contributed by atoms with Gasteiger partial charge in [0.05, 0.1) is 0 Å². The molecule has 0 aromatic heterocycles. The van der Waals surface area contributed by atoms with Crippen LogP contribution in [0.2, 0.25) is 0 Å². The summed E-state index contributed by atoms with van der Waals surface area (Å²) in [7, 11) is 1.51. The summed E-state index contributed by atoms with van der Waals surface area (Å²) in [6.45, 7) is 2.67. The summed E-state index contributed by atoms with van der Waals surface area (Å²) in [5, 5.41) is 5.08. The van der Waals surface area contributed by atoms with Crippen molar-refractivity contribution >= 4 is 12.0 Å². The molecule has 0 bridgehead atoms. The smallest absolute Gasteiger partial charge is 0.407 e. The minimum Gasteiger partial charge on any atom is -0.439 e. The number of carbonyl (C=O) groups excluding carboxylic acids is 2. The molecule has 0 saturated carbocycles. The van der Waals surface area contributed by atoms with Crippen molar-refractivity contribution in [3.63, 3.8) is 0 Å². The maximum Gasteiger partial charge on any atom is 0.407 e.